The number of benzene rings is 1. The minimum absolute atomic E-state index is 0.657. The number of halogens is 1. The van der Waals surface area contributed by atoms with Crippen molar-refractivity contribution in [3.05, 3.63) is 29.4 Å². The molecule has 1 fully saturated rings. The minimum Gasteiger partial charge on any atom is -0.383 e. The van der Waals surface area contributed by atoms with Gasteiger partial charge in [0.05, 0.1) is 16.9 Å². The Bertz CT molecular complexity index is 599. The first-order valence-electron chi connectivity index (χ1n) is 6.49. The van der Waals surface area contributed by atoms with Crippen LogP contribution in [-0.4, -0.2) is 22.9 Å². The van der Waals surface area contributed by atoms with Crippen molar-refractivity contribution in [2.45, 2.75) is 12.8 Å². The largest absolute Gasteiger partial charge is 0.383 e. The van der Waals surface area contributed by atoms with Crippen LogP contribution in [0.2, 0.25) is 5.02 Å². The zero-order valence-electron chi connectivity index (χ0n) is 10.9. The predicted octanol–water partition coefficient (Wildman–Crippen LogP) is 2.92. The molecule has 0 aliphatic carbocycles. The topological polar surface area (TPSA) is 47.1 Å². The molecule has 3 rings (SSSR count). The van der Waals surface area contributed by atoms with Gasteiger partial charge in [0.2, 0.25) is 0 Å². The molecule has 0 bridgehead atoms. The predicted molar refractivity (Wildman–Crippen MR) is 79.5 cm³/mol. The Kier molecular flexibility index (Phi) is 3.11. The van der Waals surface area contributed by atoms with Gasteiger partial charge >= 0.3 is 0 Å². The molecule has 0 saturated carbocycles. The number of hydrogen-bond acceptors (Lipinski definition) is 3. The van der Waals surface area contributed by atoms with Crippen molar-refractivity contribution in [1.29, 1.82) is 0 Å². The molecule has 2 heterocycles. The summed E-state index contributed by atoms with van der Waals surface area (Å²) in [4.78, 5) is 2.33. The van der Waals surface area contributed by atoms with Crippen molar-refractivity contribution in [2.75, 3.05) is 23.7 Å². The van der Waals surface area contributed by atoms with Crippen molar-refractivity contribution in [3.8, 4) is 11.1 Å². The van der Waals surface area contributed by atoms with Gasteiger partial charge < -0.3 is 10.6 Å². The molecule has 2 aromatic rings. The first-order valence-corrected chi connectivity index (χ1v) is 6.87. The van der Waals surface area contributed by atoms with E-state index in [-0.39, 0.29) is 0 Å². The number of nitrogen functional groups attached to an aromatic ring is 1. The van der Waals surface area contributed by atoms with Crippen LogP contribution in [0.15, 0.2) is 24.4 Å². The van der Waals surface area contributed by atoms with E-state index >= 15 is 0 Å². The maximum Gasteiger partial charge on any atom is 0.129 e. The lowest BCUT2D eigenvalue weighted by Gasteiger charge is -2.19. The molecule has 4 nitrogen and oxygen atoms in total. The molecular weight excluding hydrogens is 260 g/mol. The third kappa shape index (κ3) is 2.16. The first-order chi connectivity index (χ1) is 9.16. The van der Waals surface area contributed by atoms with Crippen LogP contribution in [0.5, 0.6) is 0 Å². The lowest BCUT2D eigenvalue weighted by atomic mass is 10.1. The van der Waals surface area contributed by atoms with Crippen molar-refractivity contribution in [2.24, 2.45) is 7.05 Å². The van der Waals surface area contributed by atoms with E-state index < -0.39 is 0 Å². The van der Waals surface area contributed by atoms with E-state index in [9.17, 15) is 0 Å². The number of anilines is 2. The standard InChI is InChI=1S/C14H17ClN4/c1-18-14(16)11(9-17-18)10-4-5-13(12(15)8-10)19-6-2-3-7-19/h4-5,8-9H,2-3,6-7,16H2,1H3. The number of rotatable bonds is 2. The number of hydrogen-bond donors (Lipinski definition) is 1. The van der Waals surface area contributed by atoms with Gasteiger partial charge in [-0.1, -0.05) is 17.7 Å². The van der Waals surface area contributed by atoms with Crippen LogP contribution in [-0.2, 0) is 7.05 Å². The highest BCUT2D eigenvalue weighted by Crippen LogP contribution is 2.34. The fourth-order valence-corrected chi connectivity index (χ4v) is 2.86. The Labute approximate surface area is 117 Å². The summed E-state index contributed by atoms with van der Waals surface area (Å²) < 4.78 is 1.66. The molecule has 100 valence electrons. The number of aryl methyl sites for hydroxylation is 1. The molecule has 2 N–H and O–H groups in total. The van der Waals surface area contributed by atoms with Gasteiger partial charge in [-0.3, -0.25) is 4.68 Å². The highest BCUT2D eigenvalue weighted by molar-refractivity contribution is 6.33. The van der Waals surface area contributed by atoms with Crippen molar-refractivity contribution < 1.29 is 0 Å². The third-order valence-electron chi connectivity index (χ3n) is 3.69. The van der Waals surface area contributed by atoms with E-state index in [1.807, 2.05) is 13.1 Å². The Morgan fingerprint density at radius 1 is 1.26 bits per heavy atom. The molecule has 1 aliphatic rings. The molecule has 1 aromatic carbocycles. The van der Waals surface area contributed by atoms with E-state index in [1.165, 1.54) is 12.8 Å². The fourth-order valence-electron chi connectivity index (χ4n) is 2.56. The summed E-state index contributed by atoms with van der Waals surface area (Å²) in [5.41, 5.74) is 9.05. The first kappa shape index (κ1) is 12.4. The summed E-state index contributed by atoms with van der Waals surface area (Å²) in [6.45, 7) is 2.18. The van der Waals surface area contributed by atoms with Gasteiger partial charge in [-0.15, -0.1) is 0 Å². The summed E-state index contributed by atoms with van der Waals surface area (Å²) in [6.07, 6.45) is 4.26. The molecule has 19 heavy (non-hydrogen) atoms. The van der Waals surface area contributed by atoms with Gasteiger partial charge in [0.15, 0.2) is 0 Å². The molecule has 0 spiro atoms. The lowest BCUT2D eigenvalue weighted by molar-refractivity contribution is 0.779. The van der Waals surface area contributed by atoms with Crippen LogP contribution >= 0.6 is 11.6 Å². The second kappa shape index (κ2) is 4.78. The van der Waals surface area contributed by atoms with Crippen LogP contribution in [0, 0.1) is 0 Å². The second-order valence-corrected chi connectivity index (χ2v) is 5.33. The van der Waals surface area contributed by atoms with Gasteiger partial charge in [0.25, 0.3) is 0 Å². The highest BCUT2D eigenvalue weighted by Gasteiger charge is 2.16. The smallest absolute Gasteiger partial charge is 0.129 e. The van der Waals surface area contributed by atoms with Crippen LogP contribution in [0.25, 0.3) is 11.1 Å². The minimum atomic E-state index is 0.657. The van der Waals surface area contributed by atoms with E-state index in [0.29, 0.717) is 5.82 Å². The summed E-state index contributed by atoms with van der Waals surface area (Å²) in [7, 11) is 1.83. The molecule has 1 aliphatic heterocycles. The fraction of sp³-hybridized carbons (Fsp3) is 0.357. The monoisotopic (exact) mass is 276 g/mol. The van der Waals surface area contributed by atoms with Crippen LogP contribution in [0.3, 0.4) is 0 Å². The van der Waals surface area contributed by atoms with Crippen LogP contribution in [0.4, 0.5) is 11.5 Å². The van der Waals surface area contributed by atoms with Crippen molar-refractivity contribution >= 4 is 23.1 Å². The van der Waals surface area contributed by atoms with Crippen molar-refractivity contribution in [1.82, 2.24) is 9.78 Å². The highest BCUT2D eigenvalue weighted by atomic mass is 35.5. The Morgan fingerprint density at radius 2 is 2.00 bits per heavy atom. The van der Waals surface area contributed by atoms with E-state index in [0.717, 1.165) is 34.9 Å². The van der Waals surface area contributed by atoms with Crippen LogP contribution < -0.4 is 10.6 Å². The normalized spacial score (nSPS) is 15.2. The van der Waals surface area contributed by atoms with E-state index in [4.69, 9.17) is 17.3 Å². The average molecular weight is 277 g/mol. The molecular formula is C14H17ClN4. The SMILES string of the molecule is Cn1ncc(-c2ccc(N3CCCC3)c(Cl)c2)c1N. The average Bonchev–Trinajstić information content (AvgIpc) is 3.01. The van der Waals surface area contributed by atoms with Gasteiger partial charge in [0, 0.05) is 25.7 Å². The zero-order chi connectivity index (χ0) is 13.4. The number of nitrogens with zero attached hydrogens (tertiary/aromatic N) is 3. The Balaban J connectivity index is 1.97. The second-order valence-electron chi connectivity index (χ2n) is 4.93. The number of aromatic nitrogens is 2. The van der Waals surface area contributed by atoms with Crippen molar-refractivity contribution in [3.63, 3.8) is 0 Å². The van der Waals surface area contributed by atoms with Gasteiger partial charge in [-0.05, 0) is 30.5 Å². The Hall–Kier alpha value is -1.68. The number of nitrogens with two attached hydrogens (primary N) is 1. The molecule has 0 radical (unpaired) electrons. The molecule has 0 unspecified atom stereocenters. The van der Waals surface area contributed by atoms with Gasteiger partial charge in [-0.2, -0.15) is 5.10 Å². The zero-order valence-corrected chi connectivity index (χ0v) is 11.7. The summed E-state index contributed by atoms with van der Waals surface area (Å²) >= 11 is 6.41. The maximum absolute atomic E-state index is 6.41. The van der Waals surface area contributed by atoms with Crippen LogP contribution in [0.1, 0.15) is 12.8 Å². The maximum atomic E-state index is 6.41. The molecule has 1 saturated heterocycles. The third-order valence-corrected chi connectivity index (χ3v) is 3.99. The van der Waals surface area contributed by atoms with Gasteiger partial charge in [0.1, 0.15) is 5.82 Å². The quantitative estimate of drug-likeness (QED) is 0.917. The lowest BCUT2D eigenvalue weighted by Crippen LogP contribution is -2.17. The Morgan fingerprint density at radius 3 is 2.58 bits per heavy atom. The summed E-state index contributed by atoms with van der Waals surface area (Å²) in [6, 6.07) is 6.12. The summed E-state index contributed by atoms with van der Waals surface area (Å²) in [5.74, 6) is 0.657. The molecule has 0 amide bonds. The summed E-state index contributed by atoms with van der Waals surface area (Å²) in [5, 5.41) is 4.94. The molecule has 0 atom stereocenters. The van der Waals surface area contributed by atoms with Gasteiger partial charge in [-0.25, -0.2) is 0 Å². The molecule has 5 heteroatoms. The van der Waals surface area contributed by atoms with E-state index in [1.54, 1.807) is 10.9 Å². The molecule has 1 aromatic heterocycles. The van der Waals surface area contributed by atoms with E-state index in [2.05, 4.69) is 22.1 Å².